The van der Waals surface area contributed by atoms with Crippen LogP contribution in [-0.4, -0.2) is 16.8 Å². The molecule has 0 radical (unpaired) electrons. The Labute approximate surface area is 95.6 Å². The number of ether oxygens (including phenoxy) is 1. The standard InChI is InChI=1S/C10H8ClNO2S/c11-6-5-9(13)14-10-12-7-3-1-2-4-8(7)15-10/h1-4H,5-6H2. The van der Waals surface area contributed by atoms with Crippen LogP contribution in [0.2, 0.25) is 0 Å². The number of nitrogens with zero attached hydrogens (tertiary/aromatic N) is 1. The Kier molecular flexibility index (Phi) is 3.18. The summed E-state index contributed by atoms with van der Waals surface area (Å²) in [6.45, 7) is 0. The molecule has 2 rings (SSSR count). The average molecular weight is 242 g/mol. The van der Waals surface area contributed by atoms with Gasteiger partial charge in [0.2, 0.25) is 0 Å². The predicted octanol–water partition coefficient (Wildman–Crippen LogP) is 2.83. The molecule has 2 aromatic rings. The highest BCUT2D eigenvalue weighted by Crippen LogP contribution is 2.27. The summed E-state index contributed by atoms with van der Waals surface area (Å²) < 4.78 is 6.03. The average Bonchev–Trinajstić information content (AvgIpc) is 2.59. The summed E-state index contributed by atoms with van der Waals surface area (Å²) in [6, 6.07) is 7.63. The maximum atomic E-state index is 11.1. The summed E-state index contributed by atoms with van der Waals surface area (Å²) in [5.74, 6) is -0.0759. The number of esters is 1. The van der Waals surface area contributed by atoms with E-state index >= 15 is 0 Å². The Bertz CT molecular complexity index is 450. The molecule has 15 heavy (non-hydrogen) atoms. The predicted molar refractivity (Wildman–Crippen MR) is 60.6 cm³/mol. The van der Waals surface area contributed by atoms with Crippen molar-refractivity contribution in [1.29, 1.82) is 0 Å². The van der Waals surface area contributed by atoms with Crippen molar-refractivity contribution < 1.29 is 9.53 Å². The highest BCUT2D eigenvalue weighted by molar-refractivity contribution is 7.20. The van der Waals surface area contributed by atoms with Crippen LogP contribution in [0.4, 0.5) is 0 Å². The first-order valence-corrected chi connectivity index (χ1v) is 5.77. The molecule has 78 valence electrons. The lowest BCUT2D eigenvalue weighted by molar-refractivity contribution is -0.133. The van der Waals surface area contributed by atoms with Gasteiger partial charge < -0.3 is 4.74 Å². The number of aromatic nitrogens is 1. The molecule has 0 aliphatic carbocycles. The van der Waals surface area contributed by atoms with Gasteiger partial charge in [-0.2, -0.15) is 0 Å². The number of hydrogen-bond acceptors (Lipinski definition) is 4. The van der Waals surface area contributed by atoms with E-state index in [0.717, 1.165) is 10.2 Å². The van der Waals surface area contributed by atoms with Gasteiger partial charge in [-0.1, -0.05) is 23.5 Å². The first-order valence-electron chi connectivity index (χ1n) is 4.42. The maximum absolute atomic E-state index is 11.1. The van der Waals surface area contributed by atoms with E-state index in [4.69, 9.17) is 16.3 Å². The van der Waals surface area contributed by atoms with Gasteiger partial charge in [-0.15, -0.1) is 11.6 Å². The lowest BCUT2D eigenvalue weighted by atomic mass is 10.3. The van der Waals surface area contributed by atoms with Crippen molar-refractivity contribution in [3.05, 3.63) is 24.3 Å². The van der Waals surface area contributed by atoms with Crippen LogP contribution in [0.1, 0.15) is 6.42 Å². The molecule has 0 saturated heterocycles. The van der Waals surface area contributed by atoms with E-state index < -0.39 is 0 Å². The SMILES string of the molecule is O=C(CCCl)Oc1nc2ccccc2s1. The Morgan fingerprint density at radius 1 is 1.47 bits per heavy atom. The molecule has 0 aliphatic heterocycles. The van der Waals surface area contributed by atoms with Gasteiger partial charge in [0.15, 0.2) is 0 Å². The molecule has 3 nitrogen and oxygen atoms in total. The molecular weight excluding hydrogens is 234 g/mol. The Balaban J connectivity index is 2.18. The van der Waals surface area contributed by atoms with Crippen LogP contribution >= 0.6 is 22.9 Å². The van der Waals surface area contributed by atoms with Crippen LogP contribution in [0.15, 0.2) is 24.3 Å². The van der Waals surface area contributed by atoms with Gasteiger partial charge in [0.25, 0.3) is 5.19 Å². The van der Waals surface area contributed by atoms with Crippen LogP contribution in [0.25, 0.3) is 10.2 Å². The second-order valence-corrected chi connectivity index (χ2v) is 4.23. The molecule has 0 spiro atoms. The van der Waals surface area contributed by atoms with Crippen LogP contribution < -0.4 is 4.74 Å². The molecule has 1 aromatic carbocycles. The van der Waals surface area contributed by atoms with Gasteiger partial charge in [-0.05, 0) is 12.1 Å². The molecule has 0 amide bonds. The smallest absolute Gasteiger partial charge is 0.314 e. The molecule has 0 unspecified atom stereocenters. The number of benzene rings is 1. The summed E-state index contributed by atoms with van der Waals surface area (Å²) in [7, 11) is 0. The Morgan fingerprint density at radius 3 is 3.00 bits per heavy atom. The summed E-state index contributed by atoms with van der Waals surface area (Å²) >= 11 is 6.78. The van der Waals surface area contributed by atoms with E-state index in [9.17, 15) is 4.79 Å². The molecular formula is C10H8ClNO2S. The van der Waals surface area contributed by atoms with Crippen molar-refractivity contribution in [3.63, 3.8) is 0 Å². The minimum atomic E-state index is -0.343. The van der Waals surface area contributed by atoms with Gasteiger partial charge in [0, 0.05) is 5.88 Å². The summed E-state index contributed by atoms with van der Waals surface area (Å²) in [5, 5.41) is 0.381. The van der Waals surface area contributed by atoms with Crippen LogP contribution in [0.5, 0.6) is 5.19 Å². The molecule has 0 atom stereocenters. The summed E-state index contributed by atoms with van der Waals surface area (Å²) in [5.41, 5.74) is 0.844. The first kappa shape index (κ1) is 10.4. The highest BCUT2D eigenvalue weighted by Gasteiger charge is 2.08. The zero-order valence-electron chi connectivity index (χ0n) is 7.77. The van der Waals surface area contributed by atoms with E-state index in [1.54, 1.807) is 0 Å². The largest absolute Gasteiger partial charge is 0.398 e. The lowest BCUT2D eigenvalue weighted by Gasteiger charge is -1.95. The maximum Gasteiger partial charge on any atom is 0.314 e. The number of alkyl halides is 1. The highest BCUT2D eigenvalue weighted by atomic mass is 35.5. The van der Waals surface area contributed by atoms with Crippen molar-refractivity contribution in [3.8, 4) is 5.19 Å². The zero-order valence-corrected chi connectivity index (χ0v) is 9.35. The second-order valence-electron chi connectivity index (χ2n) is 2.86. The number of rotatable bonds is 3. The van der Waals surface area contributed by atoms with Gasteiger partial charge >= 0.3 is 5.97 Å². The number of para-hydroxylation sites is 1. The molecule has 0 aliphatic rings. The third-order valence-corrected chi connectivity index (χ3v) is 2.88. The fraction of sp³-hybridized carbons (Fsp3) is 0.200. The van der Waals surface area contributed by atoms with Crippen LogP contribution in [0, 0.1) is 0 Å². The Morgan fingerprint density at radius 2 is 2.27 bits per heavy atom. The van der Waals surface area contributed by atoms with Crippen molar-refractivity contribution >= 4 is 39.1 Å². The van der Waals surface area contributed by atoms with E-state index in [0.29, 0.717) is 5.19 Å². The van der Waals surface area contributed by atoms with Gasteiger partial charge in [-0.3, -0.25) is 4.79 Å². The van der Waals surface area contributed by atoms with Crippen molar-refractivity contribution in [2.45, 2.75) is 6.42 Å². The molecule has 1 heterocycles. The number of thiazole rings is 1. The van der Waals surface area contributed by atoms with Crippen molar-refractivity contribution in [2.24, 2.45) is 0 Å². The number of fused-ring (bicyclic) bond motifs is 1. The van der Waals surface area contributed by atoms with Crippen molar-refractivity contribution in [1.82, 2.24) is 4.98 Å². The number of halogens is 1. The van der Waals surface area contributed by atoms with Crippen LogP contribution in [0.3, 0.4) is 0 Å². The molecule has 0 saturated carbocycles. The number of hydrogen-bond donors (Lipinski definition) is 0. The molecule has 1 aromatic heterocycles. The number of carbonyl (C=O) groups is 1. The minimum Gasteiger partial charge on any atom is -0.398 e. The molecule has 0 N–H and O–H groups in total. The first-order chi connectivity index (χ1) is 7.29. The van der Waals surface area contributed by atoms with Gasteiger partial charge in [0.05, 0.1) is 16.6 Å². The quantitative estimate of drug-likeness (QED) is 0.613. The van der Waals surface area contributed by atoms with Gasteiger partial charge in [-0.25, -0.2) is 4.98 Å². The topological polar surface area (TPSA) is 39.2 Å². The second kappa shape index (κ2) is 4.59. The monoisotopic (exact) mass is 241 g/mol. The van der Waals surface area contributed by atoms with E-state index in [-0.39, 0.29) is 18.3 Å². The fourth-order valence-electron chi connectivity index (χ4n) is 1.12. The molecule has 0 bridgehead atoms. The number of carbonyl (C=O) groups excluding carboxylic acids is 1. The fourth-order valence-corrected chi connectivity index (χ4v) is 2.11. The van der Waals surface area contributed by atoms with E-state index in [2.05, 4.69) is 4.98 Å². The third kappa shape index (κ3) is 2.46. The van der Waals surface area contributed by atoms with E-state index in [1.807, 2.05) is 24.3 Å². The van der Waals surface area contributed by atoms with Gasteiger partial charge in [0.1, 0.15) is 0 Å². The minimum absolute atomic E-state index is 0.206. The summed E-state index contributed by atoms with van der Waals surface area (Å²) in [4.78, 5) is 15.3. The lowest BCUT2D eigenvalue weighted by Crippen LogP contribution is -2.07. The molecule has 0 fully saturated rings. The van der Waals surface area contributed by atoms with E-state index in [1.165, 1.54) is 11.3 Å². The summed E-state index contributed by atoms with van der Waals surface area (Å²) in [6.07, 6.45) is 0.206. The Hall–Kier alpha value is -1.13. The van der Waals surface area contributed by atoms with Crippen LogP contribution in [-0.2, 0) is 4.79 Å². The third-order valence-electron chi connectivity index (χ3n) is 1.77. The zero-order chi connectivity index (χ0) is 10.7. The normalized spacial score (nSPS) is 10.5. The van der Waals surface area contributed by atoms with Crippen molar-refractivity contribution in [2.75, 3.05) is 5.88 Å². The molecule has 5 heteroatoms.